The minimum absolute atomic E-state index is 0.395. The fourth-order valence-corrected chi connectivity index (χ4v) is 2.23. The zero-order chi connectivity index (χ0) is 13.4. The Hall–Kier alpha value is -0.630. The fourth-order valence-electron chi connectivity index (χ4n) is 2.23. The summed E-state index contributed by atoms with van der Waals surface area (Å²) in [6.07, 6.45) is 4.67. The van der Waals surface area contributed by atoms with E-state index in [0.29, 0.717) is 6.10 Å². The number of nitrogens with zero attached hydrogens (tertiary/aromatic N) is 2. The quantitative estimate of drug-likeness (QED) is 0.716. The molecular weight excluding hydrogens is 226 g/mol. The molecule has 1 heterocycles. The molecule has 1 rings (SSSR count). The summed E-state index contributed by atoms with van der Waals surface area (Å²) in [5.41, 5.74) is -0.402. The Morgan fingerprint density at radius 3 is 2.89 bits per heavy atom. The third-order valence-corrected chi connectivity index (χ3v) is 3.54. The van der Waals surface area contributed by atoms with Gasteiger partial charge in [-0.05, 0) is 46.2 Å². The second-order valence-electron chi connectivity index (χ2n) is 5.52. The van der Waals surface area contributed by atoms with Gasteiger partial charge in [0.05, 0.1) is 12.2 Å². The van der Waals surface area contributed by atoms with E-state index in [1.54, 1.807) is 0 Å². The van der Waals surface area contributed by atoms with E-state index in [1.807, 2.05) is 6.92 Å². The van der Waals surface area contributed by atoms with Crippen molar-refractivity contribution in [2.75, 3.05) is 33.3 Å². The molecule has 2 atom stereocenters. The van der Waals surface area contributed by atoms with Crippen LogP contribution in [0.2, 0.25) is 0 Å². The summed E-state index contributed by atoms with van der Waals surface area (Å²) < 4.78 is 5.62. The minimum atomic E-state index is -0.402. The normalized spacial score (nSPS) is 22.9. The van der Waals surface area contributed by atoms with Gasteiger partial charge in [-0.15, -0.1) is 0 Å². The molecule has 104 valence electrons. The van der Waals surface area contributed by atoms with E-state index in [1.165, 1.54) is 12.8 Å². The van der Waals surface area contributed by atoms with Crippen molar-refractivity contribution in [3.8, 4) is 6.07 Å². The Kier molecular flexibility index (Phi) is 6.62. The van der Waals surface area contributed by atoms with Gasteiger partial charge in [-0.1, -0.05) is 6.92 Å². The first kappa shape index (κ1) is 15.4. The molecule has 2 unspecified atom stereocenters. The van der Waals surface area contributed by atoms with Crippen LogP contribution in [-0.4, -0.2) is 49.8 Å². The summed E-state index contributed by atoms with van der Waals surface area (Å²) in [6.45, 7) is 7.83. The first-order chi connectivity index (χ1) is 8.59. The average molecular weight is 253 g/mol. The van der Waals surface area contributed by atoms with E-state index >= 15 is 0 Å². The Morgan fingerprint density at radius 1 is 1.56 bits per heavy atom. The van der Waals surface area contributed by atoms with Crippen LogP contribution in [-0.2, 0) is 4.74 Å². The summed E-state index contributed by atoms with van der Waals surface area (Å²) in [5.74, 6) is 0. The number of hydrogen-bond donors (Lipinski definition) is 1. The van der Waals surface area contributed by atoms with Crippen molar-refractivity contribution in [2.45, 2.75) is 51.2 Å². The van der Waals surface area contributed by atoms with E-state index in [2.05, 4.69) is 30.3 Å². The van der Waals surface area contributed by atoms with Crippen LogP contribution in [0.25, 0.3) is 0 Å². The van der Waals surface area contributed by atoms with Gasteiger partial charge < -0.3 is 9.64 Å². The lowest BCUT2D eigenvalue weighted by atomic mass is 9.99. The summed E-state index contributed by atoms with van der Waals surface area (Å²) in [4.78, 5) is 2.28. The van der Waals surface area contributed by atoms with Crippen LogP contribution in [0.3, 0.4) is 0 Å². The molecule has 0 aliphatic carbocycles. The van der Waals surface area contributed by atoms with Crippen molar-refractivity contribution in [1.82, 2.24) is 10.2 Å². The second-order valence-corrected chi connectivity index (χ2v) is 5.52. The Labute approximate surface area is 111 Å². The van der Waals surface area contributed by atoms with Crippen LogP contribution in [0.15, 0.2) is 0 Å². The molecule has 0 aromatic heterocycles. The number of rotatable bonds is 8. The molecule has 0 radical (unpaired) electrons. The maximum absolute atomic E-state index is 9.25. The number of hydrogen-bond acceptors (Lipinski definition) is 4. The highest BCUT2D eigenvalue weighted by atomic mass is 16.5. The van der Waals surface area contributed by atoms with Crippen molar-refractivity contribution >= 4 is 0 Å². The van der Waals surface area contributed by atoms with Crippen molar-refractivity contribution < 1.29 is 4.74 Å². The molecular formula is C14H27N3O. The van der Waals surface area contributed by atoms with E-state index in [9.17, 15) is 5.26 Å². The SMILES string of the molecule is CCCNC(C)(C#N)CCN(C)CC1CCCO1. The van der Waals surface area contributed by atoms with Crippen LogP contribution in [0, 0.1) is 11.3 Å². The third-order valence-electron chi connectivity index (χ3n) is 3.54. The van der Waals surface area contributed by atoms with Crippen molar-refractivity contribution in [1.29, 1.82) is 5.26 Å². The maximum Gasteiger partial charge on any atom is 0.105 e. The highest BCUT2D eigenvalue weighted by Crippen LogP contribution is 2.14. The summed E-state index contributed by atoms with van der Waals surface area (Å²) in [6, 6.07) is 2.39. The first-order valence-corrected chi connectivity index (χ1v) is 7.06. The Balaban J connectivity index is 2.26. The average Bonchev–Trinajstić information content (AvgIpc) is 2.87. The van der Waals surface area contributed by atoms with Gasteiger partial charge in [0.2, 0.25) is 0 Å². The molecule has 0 amide bonds. The van der Waals surface area contributed by atoms with Gasteiger partial charge in [0.25, 0.3) is 0 Å². The van der Waals surface area contributed by atoms with Gasteiger partial charge in [-0.3, -0.25) is 5.32 Å². The molecule has 18 heavy (non-hydrogen) atoms. The largest absolute Gasteiger partial charge is 0.377 e. The molecule has 0 saturated carbocycles. The van der Waals surface area contributed by atoms with E-state index in [4.69, 9.17) is 4.74 Å². The first-order valence-electron chi connectivity index (χ1n) is 7.06. The standard InChI is InChI=1S/C14H27N3O/c1-4-8-16-14(2,12-15)7-9-17(3)11-13-6-5-10-18-13/h13,16H,4-11H2,1-3H3. The predicted octanol–water partition coefficient (Wildman–Crippen LogP) is 1.77. The molecule has 0 spiro atoms. The molecule has 1 fully saturated rings. The Bertz CT molecular complexity index is 271. The summed E-state index contributed by atoms with van der Waals surface area (Å²) in [5, 5.41) is 12.6. The zero-order valence-electron chi connectivity index (χ0n) is 12.0. The van der Waals surface area contributed by atoms with Gasteiger partial charge in [0.1, 0.15) is 5.54 Å². The van der Waals surface area contributed by atoms with Crippen LogP contribution in [0.5, 0.6) is 0 Å². The molecule has 0 aromatic rings. The fraction of sp³-hybridized carbons (Fsp3) is 0.929. The summed E-state index contributed by atoms with van der Waals surface area (Å²) in [7, 11) is 2.11. The van der Waals surface area contributed by atoms with Gasteiger partial charge in [-0.2, -0.15) is 5.26 Å². The minimum Gasteiger partial charge on any atom is -0.377 e. The van der Waals surface area contributed by atoms with E-state index < -0.39 is 5.54 Å². The van der Waals surface area contributed by atoms with Crippen LogP contribution < -0.4 is 5.32 Å². The van der Waals surface area contributed by atoms with Crippen molar-refractivity contribution in [3.05, 3.63) is 0 Å². The molecule has 4 heteroatoms. The van der Waals surface area contributed by atoms with Crippen LogP contribution in [0.1, 0.15) is 39.5 Å². The third kappa shape index (κ3) is 5.34. The van der Waals surface area contributed by atoms with Crippen molar-refractivity contribution in [3.63, 3.8) is 0 Å². The van der Waals surface area contributed by atoms with E-state index in [-0.39, 0.29) is 0 Å². The lowest BCUT2D eigenvalue weighted by Gasteiger charge is -2.27. The maximum atomic E-state index is 9.25. The number of nitrogens with one attached hydrogen (secondary N) is 1. The Morgan fingerprint density at radius 2 is 2.33 bits per heavy atom. The van der Waals surface area contributed by atoms with Crippen LogP contribution in [0.4, 0.5) is 0 Å². The topological polar surface area (TPSA) is 48.3 Å². The second kappa shape index (κ2) is 7.73. The molecule has 1 N–H and O–H groups in total. The molecule has 1 aliphatic heterocycles. The lowest BCUT2D eigenvalue weighted by molar-refractivity contribution is 0.0794. The lowest BCUT2D eigenvalue weighted by Crippen LogP contribution is -2.44. The molecule has 1 saturated heterocycles. The van der Waals surface area contributed by atoms with Gasteiger partial charge in [-0.25, -0.2) is 0 Å². The van der Waals surface area contributed by atoms with Gasteiger partial charge >= 0.3 is 0 Å². The molecule has 0 bridgehead atoms. The van der Waals surface area contributed by atoms with Crippen LogP contribution >= 0.6 is 0 Å². The number of likely N-dealkylation sites (N-methyl/N-ethyl adjacent to an activating group) is 1. The highest BCUT2D eigenvalue weighted by Gasteiger charge is 2.24. The monoisotopic (exact) mass is 253 g/mol. The van der Waals surface area contributed by atoms with Gasteiger partial charge in [0, 0.05) is 19.7 Å². The smallest absolute Gasteiger partial charge is 0.105 e. The highest BCUT2D eigenvalue weighted by molar-refractivity contribution is 5.03. The zero-order valence-corrected chi connectivity index (χ0v) is 12.0. The summed E-state index contributed by atoms with van der Waals surface area (Å²) >= 11 is 0. The van der Waals surface area contributed by atoms with Crippen molar-refractivity contribution in [2.24, 2.45) is 0 Å². The molecule has 1 aliphatic rings. The van der Waals surface area contributed by atoms with E-state index in [0.717, 1.165) is 39.1 Å². The number of ether oxygens (including phenoxy) is 1. The van der Waals surface area contributed by atoms with Gasteiger partial charge in [0.15, 0.2) is 0 Å². The number of nitriles is 1. The predicted molar refractivity (Wildman–Crippen MR) is 73.4 cm³/mol. The molecule has 0 aromatic carbocycles. The molecule has 4 nitrogen and oxygen atoms in total.